The van der Waals surface area contributed by atoms with Crippen LogP contribution in [0.5, 0.6) is 5.75 Å². The van der Waals surface area contributed by atoms with Crippen LogP contribution in [0.4, 0.5) is 0 Å². The molecule has 2 bridgehead atoms. The summed E-state index contributed by atoms with van der Waals surface area (Å²) in [4.78, 5) is 18.1. The number of methoxy groups -OCH3 is 1. The summed E-state index contributed by atoms with van der Waals surface area (Å²) in [5.74, 6) is 1.11. The number of amides is 1. The number of rotatable bonds is 3. The fraction of sp³-hybridized carbons (Fsp3) is 0.565. The topological polar surface area (TPSA) is 58.8 Å². The number of benzene rings is 1. The Bertz CT molecular complexity index is 908. The van der Waals surface area contributed by atoms with Crippen LogP contribution in [0.15, 0.2) is 34.9 Å². The molecule has 2 aromatic rings. The number of piperidine rings is 1. The Balaban J connectivity index is 1.43. The van der Waals surface area contributed by atoms with E-state index < -0.39 is 0 Å². The molecule has 3 fully saturated rings. The fourth-order valence-corrected chi connectivity index (χ4v) is 6.10. The first-order valence-electron chi connectivity index (χ1n) is 10.7. The third-order valence-corrected chi connectivity index (χ3v) is 7.62. The minimum Gasteiger partial charge on any atom is -0.497 e. The van der Waals surface area contributed by atoms with E-state index in [1.807, 2.05) is 24.3 Å². The van der Waals surface area contributed by atoms with Crippen LogP contribution in [0.2, 0.25) is 0 Å². The third-order valence-electron chi connectivity index (χ3n) is 7.62. The van der Waals surface area contributed by atoms with Gasteiger partial charge in [-0.2, -0.15) is 0 Å². The molecule has 6 nitrogen and oxygen atoms in total. The molecule has 1 saturated carbocycles. The Morgan fingerprint density at radius 2 is 1.93 bits per heavy atom. The first kappa shape index (κ1) is 18.7. The van der Waals surface area contributed by atoms with Crippen molar-refractivity contribution in [2.45, 2.75) is 57.2 Å². The molecule has 1 aromatic heterocycles. The second-order valence-electron chi connectivity index (χ2n) is 9.11. The average Bonchev–Trinajstić information content (AvgIpc) is 3.24. The molecule has 0 spiro atoms. The van der Waals surface area contributed by atoms with Gasteiger partial charge >= 0.3 is 0 Å². The molecule has 1 aliphatic carbocycles. The quantitative estimate of drug-likeness (QED) is 0.791. The van der Waals surface area contributed by atoms with Gasteiger partial charge in [0.15, 0.2) is 0 Å². The molecule has 1 aromatic carbocycles. The molecule has 2 aliphatic heterocycles. The van der Waals surface area contributed by atoms with Gasteiger partial charge in [-0.15, -0.1) is 0 Å². The van der Waals surface area contributed by atoms with Crippen LogP contribution in [0.3, 0.4) is 0 Å². The van der Waals surface area contributed by atoms with Crippen LogP contribution in [-0.4, -0.2) is 59.7 Å². The molecule has 154 valence electrons. The smallest absolute Gasteiger partial charge is 0.292 e. The zero-order chi connectivity index (χ0) is 20.2. The largest absolute Gasteiger partial charge is 0.497 e. The van der Waals surface area contributed by atoms with E-state index in [9.17, 15) is 4.79 Å². The predicted octanol–water partition coefficient (Wildman–Crippen LogP) is 3.83. The number of aromatic nitrogens is 1. The van der Waals surface area contributed by atoms with Gasteiger partial charge in [0.1, 0.15) is 11.4 Å². The molecule has 3 aliphatic rings. The number of hydrogen-bond acceptors (Lipinski definition) is 5. The second kappa shape index (κ2) is 6.87. The summed E-state index contributed by atoms with van der Waals surface area (Å²) in [7, 11) is 3.89. The molecular weight excluding hydrogens is 366 g/mol. The van der Waals surface area contributed by atoms with Crippen molar-refractivity contribution in [3.05, 3.63) is 36.1 Å². The Morgan fingerprint density at radius 3 is 2.66 bits per heavy atom. The zero-order valence-corrected chi connectivity index (χ0v) is 17.4. The molecule has 2 saturated heterocycles. The summed E-state index contributed by atoms with van der Waals surface area (Å²) < 4.78 is 10.7. The van der Waals surface area contributed by atoms with Gasteiger partial charge in [-0.1, -0.05) is 24.9 Å². The molecule has 0 N–H and O–H groups in total. The minimum atomic E-state index is -0.0193. The van der Waals surface area contributed by atoms with Crippen molar-refractivity contribution in [3.63, 3.8) is 0 Å². The Labute approximate surface area is 171 Å². The van der Waals surface area contributed by atoms with Crippen LogP contribution in [0.25, 0.3) is 11.3 Å². The molecule has 29 heavy (non-hydrogen) atoms. The maximum atomic E-state index is 13.5. The van der Waals surface area contributed by atoms with Gasteiger partial charge in [0.2, 0.25) is 5.76 Å². The molecular formula is C23H29N3O3. The lowest BCUT2D eigenvalue weighted by Crippen LogP contribution is -2.55. The SMILES string of the molecule is COc1ccc(-c2cc(C(=O)N3C[C@@H]4C[C@@]5(C)[C@H](CCCC[C@@H]35)N4C)on2)cc1. The first-order chi connectivity index (χ1) is 14.0. The molecule has 6 heteroatoms. The molecule has 5 rings (SSSR count). The van der Waals surface area contributed by atoms with Crippen molar-refractivity contribution in [2.24, 2.45) is 5.41 Å². The van der Waals surface area contributed by atoms with E-state index in [1.165, 1.54) is 25.7 Å². The van der Waals surface area contributed by atoms with Crippen LogP contribution < -0.4 is 4.74 Å². The van der Waals surface area contributed by atoms with E-state index >= 15 is 0 Å². The Hall–Kier alpha value is -2.34. The summed E-state index contributed by atoms with van der Waals surface area (Å²) in [6.07, 6.45) is 5.95. The highest BCUT2D eigenvalue weighted by molar-refractivity contribution is 5.93. The number of hydrogen-bond donors (Lipinski definition) is 0. The standard InChI is InChI=1S/C23H29N3O3/c1-23-13-16-14-26(21(23)7-5-4-6-20(23)25(16)2)22(27)19-12-18(24-29-19)15-8-10-17(28-3)11-9-15/h8-12,16,20-21H,4-7,13-14H2,1-3H3/t16-,20-,21+,23-/m0/s1. The van der Waals surface area contributed by atoms with Gasteiger partial charge in [0, 0.05) is 41.7 Å². The number of carbonyl (C=O) groups is 1. The van der Waals surface area contributed by atoms with Gasteiger partial charge in [-0.25, -0.2) is 0 Å². The monoisotopic (exact) mass is 395 g/mol. The van der Waals surface area contributed by atoms with Crippen LogP contribution in [0.1, 0.15) is 49.6 Å². The van der Waals surface area contributed by atoms with E-state index in [-0.39, 0.29) is 17.4 Å². The molecule has 3 heterocycles. The van der Waals surface area contributed by atoms with E-state index in [4.69, 9.17) is 9.26 Å². The van der Waals surface area contributed by atoms with Gasteiger partial charge < -0.3 is 14.2 Å². The summed E-state index contributed by atoms with van der Waals surface area (Å²) >= 11 is 0. The first-order valence-corrected chi connectivity index (χ1v) is 10.7. The number of carbonyl (C=O) groups excluding carboxylic acids is 1. The molecule has 0 radical (unpaired) electrons. The molecule has 4 atom stereocenters. The summed E-state index contributed by atoms with van der Waals surface area (Å²) in [5.41, 5.74) is 1.76. The van der Waals surface area contributed by atoms with Crippen molar-refractivity contribution in [1.82, 2.24) is 15.0 Å². The van der Waals surface area contributed by atoms with E-state index in [0.717, 1.165) is 24.3 Å². The van der Waals surface area contributed by atoms with Gasteiger partial charge in [-0.3, -0.25) is 9.69 Å². The maximum absolute atomic E-state index is 13.5. The summed E-state index contributed by atoms with van der Waals surface area (Å²) in [6.45, 7) is 3.18. The predicted molar refractivity (Wildman–Crippen MR) is 110 cm³/mol. The second-order valence-corrected chi connectivity index (χ2v) is 9.11. The highest BCUT2D eigenvalue weighted by Gasteiger charge is 2.58. The number of fused-ring (bicyclic) bond motifs is 1. The summed E-state index contributed by atoms with van der Waals surface area (Å²) in [5, 5.41) is 4.17. The van der Waals surface area contributed by atoms with Gasteiger partial charge in [0.25, 0.3) is 5.91 Å². The molecule has 0 unspecified atom stereocenters. The lowest BCUT2D eigenvalue weighted by molar-refractivity contribution is 0.0252. The minimum absolute atomic E-state index is 0.0193. The van der Waals surface area contributed by atoms with E-state index in [2.05, 4.69) is 28.9 Å². The molecule has 1 amide bonds. The highest BCUT2D eigenvalue weighted by atomic mass is 16.5. The Morgan fingerprint density at radius 1 is 1.21 bits per heavy atom. The number of likely N-dealkylation sites (tertiary alicyclic amines) is 2. The van der Waals surface area contributed by atoms with Crippen molar-refractivity contribution in [1.29, 1.82) is 0 Å². The van der Waals surface area contributed by atoms with E-state index in [1.54, 1.807) is 13.2 Å². The van der Waals surface area contributed by atoms with Crippen LogP contribution in [0, 0.1) is 5.41 Å². The number of likely N-dealkylation sites (N-methyl/N-ethyl adjacent to an activating group) is 1. The van der Waals surface area contributed by atoms with Crippen LogP contribution in [-0.2, 0) is 0 Å². The van der Waals surface area contributed by atoms with Crippen molar-refractivity contribution >= 4 is 5.91 Å². The normalized spacial score (nSPS) is 31.6. The van der Waals surface area contributed by atoms with E-state index in [0.29, 0.717) is 23.5 Å². The highest BCUT2D eigenvalue weighted by Crippen LogP contribution is 2.52. The lowest BCUT2D eigenvalue weighted by Gasteiger charge is -2.46. The number of ether oxygens (including phenoxy) is 1. The summed E-state index contributed by atoms with van der Waals surface area (Å²) in [6, 6.07) is 10.7. The Kier molecular flexibility index (Phi) is 4.42. The third kappa shape index (κ3) is 2.88. The average molecular weight is 396 g/mol. The van der Waals surface area contributed by atoms with Crippen LogP contribution >= 0.6 is 0 Å². The van der Waals surface area contributed by atoms with Crippen molar-refractivity contribution < 1.29 is 14.1 Å². The maximum Gasteiger partial charge on any atom is 0.292 e. The van der Waals surface area contributed by atoms with Crippen molar-refractivity contribution in [3.8, 4) is 17.0 Å². The van der Waals surface area contributed by atoms with Crippen molar-refractivity contribution in [2.75, 3.05) is 20.7 Å². The number of nitrogens with zero attached hydrogens (tertiary/aromatic N) is 3. The van der Waals surface area contributed by atoms with Gasteiger partial charge in [0.05, 0.1) is 7.11 Å². The van der Waals surface area contributed by atoms with Gasteiger partial charge in [-0.05, 0) is 50.6 Å². The zero-order valence-electron chi connectivity index (χ0n) is 17.4. The fourth-order valence-electron chi connectivity index (χ4n) is 6.10. The lowest BCUT2D eigenvalue weighted by atomic mass is 9.71.